The summed E-state index contributed by atoms with van der Waals surface area (Å²) in [7, 11) is 1.70. The lowest BCUT2D eigenvalue weighted by molar-refractivity contribution is 0.205. The molecule has 1 fully saturated rings. The molecule has 2 atom stereocenters. The Labute approximate surface area is 100 Å². The first-order chi connectivity index (χ1) is 7.83. The molecular weight excluding hydrogens is 222 g/mol. The second-order valence-corrected chi connectivity index (χ2v) is 5.42. The van der Waals surface area contributed by atoms with Crippen LogP contribution in [-0.2, 0) is 6.54 Å². The van der Waals surface area contributed by atoms with Crippen LogP contribution in [0, 0.1) is 5.92 Å². The van der Waals surface area contributed by atoms with E-state index in [1.165, 1.54) is 17.7 Å². The van der Waals surface area contributed by atoms with E-state index in [0.29, 0.717) is 18.6 Å². The number of rotatable bonds is 5. The van der Waals surface area contributed by atoms with Crippen molar-refractivity contribution in [3.05, 3.63) is 17.0 Å². The third-order valence-electron chi connectivity index (χ3n) is 3.27. The molecule has 3 nitrogen and oxygen atoms in total. The van der Waals surface area contributed by atoms with Crippen molar-refractivity contribution < 1.29 is 9.84 Å². The van der Waals surface area contributed by atoms with Crippen molar-refractivity contribution in [1.82, 2.24) is 5.32 Å². The number of aliphatic hydroxyl groups is 1. The van der Waals surface area contributed by atoms with E-state index >= 15 is 0 Å². The Hall–Kier alpha value is -0.580. The fourth-order valence-electron chi connectivity index (χ4n) is 2.32. The zero-order valence-corrected chi connectivity index (χ0v) is 10.4. The Morgan fingerprint density at radius 3 is 3.06 bits per heavy atom. The number of ether oxygens (including phenoxy) is 1. The van der Waals surface area contributed by atoms with Gasteiger partial charge in [0.15, 0.2) is 5.06 Å². The Morgan fingerprint density at radius 1 is 1.50 bits per heavy atom. The number of aliphatic hydroxyl groups excluding tert-OH is 1. The molecular formula is C12H19NO2S. The Balaban J connectivity index is 1.82. The first-order valence-corrected chi connectivity index (χ1v) is 6.62. The molecule has 1 aliphatic rings. The molecule has 90 valence electrons. The maximum Gasteiger partial charge on any atom is 0.173 e. The Kier molecular flexibility index (Phi) is 4.21. The van der Waals surface area contributed by atoms with Crippen LogP contribution in [0.1, 0.15) is 24.1 Å². The fourth-order valence-corrected chi connectivity index (χ4v) is 3.09. The summed E-state index contributed by atoms with van der Waals surface area (Å²) in [4.78, 5) is 1.29. The number of methoxy groups -OCH3 is 1. The highest BCUT2D eigenvalue weighted by Gasteiger charge is 2.25. The molecule has 2 rings (SSSR count). The van der Waals surface area contributed by atoms with Gasteiger partial charge in [-0.15, -0.1) is 11.3 Å². The highest BCUT2D eigenvalue weighted by atomic mass is 32.1. The van der Waals surface area contributed by atoms with Crippen LogP contribution in [0.3, 0.4) is 0 Å². The monoisotopic (exact) mass is 241 g/mol. The van der Waals surface area contributed by atoms with E-state index < -0.39 is 0 Å². The summed E-state index contributed by atoms with van der Waals surface area (Å²) in [5.41, 5.74) is 0. The lowest BCUT2D eigenvalue weighted by Gasteiger charge is -2.18. The maximum atomic E-state index is 9.22. The third-order valence-corrected chi connectivity index (χ3v) is 4.32. The second-order valence-electron chi connectivity index (χ2n) is 4.29. The maximum absolute atomic E-state index is 9.22. The van der Waals surface area contributed by atoms with Crippen LogP contribution >= 0.6 is 11.3 Å². The van der Waals surface area contributed by atoms with Crippen LogP contribution in [0.4, 0.5) is 0 Å². The van der Waals surface area contributed by atoms with Gasteiger partial charge in [-0.1, -0.05) is 6.42 Å². The Bertz CT molecular complexity index is 327. The number of thiophene rings is 1. The summed E-state index contributed by atoms with van der Waals surface area (Å²) in [5, 5.41) is 13.7. The predicted octanol–water partition coefficient (Wildman–Crippen LogP) is 2.01. The molecule has 0 saturated heterocycles. The topological polar surface area (TPSA) is 41.5 Å². The van der Waals surface area contributed by atoms with Crippen molar-refractivity contribution >= 4 is 11.3 Å². The number of hydrogen-bond donors (Lipinski definition) is 2. The van der Waals surface area contributed by atoms with E-state index in [4.69, 9.17) is 4.74 Å². The van der Waals surface area contributed by atoms with E-state index in [1.54, 1.807) is 18.4 Å². The molecule has 0 bridgehead atoms. The van der Waals surface area contributed by atoms with Crippen LogP contribution in [0.2, 0.25) is 0 Å². The zero-order valence-electron chi connectivity index (χ0n) is 9.61. The molecule has 1 aromatic heterocycles. The molecule has 0 aromatic carbocycles. The molecule has 2 N–H and O–H groups in total. The number of nitrogens with one attached hydrogen (secondary N) is 1. The fraction of sp³-hybridized carbons (Fsp3) is 0.667. The van der Waals surface area contributed by atoms with Gasteiger partial charge in [0.2, 0.25) is 0 Å². The molecule has 0 amide bonds. The van der Waals surface area contributed by atoms with E-state index in [2.05, 4.69) is 11.4 Å². The molecule has 1 aliphatic carbocycles. The van der Waals surface area contributed by atoms with Crippen molar-refractivity contribution in [2.24, 2.45) is 5.92 Å². The van der Waals surface area contributed by atoms with E-state index in [9.17, 15) is 5.11 Å². The SMILES string of the molecule is COc1ccc(CNC2CCCC2CO)s1. The largest absolute Gasteiger partial charge is 0.487 e. The molecule has 0 aliphatic heterocycles. The van der Waals surface area contributed by atoms with Crippen LogP contribution in [0.15, 0.2) is 12.1 Å². The molecule has 1 heterocycles. The summed E-state index contributed by atoms with van der Waals surface area (Å²) in [6.45, 7) is 1.20. The van der Waals surface area contributed by atoms with Gasteiger partial charge in [-0.25, -0.2) is 0 Å². The van der Waals surface area contributed by atoms with Gasteiger partial charge in [0.05, 0.1) is 7.11 Å². The molecule has 16 heavy (non-hydrogen) atoms. The minimum absolute atomic E-state index is 0.311. The van der Waals surface area contributed by atoms with Crippen LogP contribution in [-0.4, -0.2) is 24.9 Å². The molecule has 0 spiro atoms. The van der Waals surface area contributed by atoms with E-state index in [1.807, 2.05) is 6.07 Å². The summed E-state index contributed by atoms with van der Waals surface area (Å²) in [6.07, 6.45) is 3.58. The highest BCUT2D eigenvalue weighted by Crippen LogP contribution is 2.27. The molecule has 4 heteroatoms. The lowest BCUT2D eigenvalue weighted by atomic mass is 10.1. The quantitative estimate of drug-likeness (QED) is 0.828. The van der Waals surface area contributed by atoms with Gasteiger partial charge < -0.3 is 15.2 Å². The van der Waals surface area contributed by atoms with Gasteiger partial charge in [0.1, 0.15) is 0 Å². The molecule has 1 aromatic rings. The summed E-state index contributed by atoms with van der Waals surface area (Å²) < 4.78 is 5.16. The second kappa shape index (κ2) is 5.66. The van der Waals surface area contributed by atoms with Gasteiger partial charge in [0.25, 0.3) is 0 Å². The molecule has 2 unspecified atom stereocenters. The summed E-state index contributed by atoms with van der Waals surface area (Å²) >= 11 is 1.68. The van der Waals surface area contributed by atoms with Gasteiger partial charge in [-0.05, 0) is 30.9 Å². The smallest absolute Gasteiger partial charge is 0.173 e. The van der Waals surface area contributed by atoms with Crippen molar-refractivity contribution in [3.8, 4) is 5.06 Å². The lowest BCUT2D eigenvalue weighted by Crippen LogP contribution is -2.33. The van der Waals surface area contributed by atoms with Gasteiger partial charge in [0, 0.05) is 24.1 Å². The van der Waals surface area contributed by atoms with Gasteiger partial charge in [-0.2, -0.15) is 0 Å². The Morgan fingerprint density at radius 2 is 2.38 bits per heavy atom. The standard InChI is InChI=1S/C12H19NO2S/c1-15-12-6-5-10(16-12)7-13-11-4-2-3-9(11)8-14/h5-6,9,11,13-14H,2-4,7-8H2,1H3. The van der Waals surface area contributed by atoms with E-state index in [0.717, 1.165) is 18.0 Å². The molecule has 0 radical (unpaired) electrons. The minimum Gasteiger partial charge on any atom is -0.487 e. The number of hydrogen-bond acceptors (Lipinski definition) is 4. The average molecular weight is 241 g/mol. The average Bonchev–Trinajstić information content (AvgIpc) is 2.94. The summed E-state index contributed by atoms with van der Waals surface area (Å²) in [5.74, 6) is 0.446. The third kappa shape index (κ3) is 2.75. The van der Waals surface area contributed by atoms with Crippen molar-refractivity contribution in [1.29, 1.82) is 0 Å². The highest BCUT2D eigenvalue weighted by molar-refractivity contribution is 7.13. The normalized spacial score (nSPS) is 24.9. The summed E-state index contributed by atoms with van der Waals surface area (Å²) in [6, 6.07) is 4.58. The van der Waals surface area contributed by atoms with Crippen LogP contribution < -0.4 is 10.1 Å². The van der Waals surface area contributed by atoms with Crippen LogP contribution in [0.25, 0.3) is 0 Å². The predicted molar refractivity (Wildman–Crippen MR) is 65.9 cm³/mol. The van der Waals surface area contributed by atoms with Crippen molar-refractivity contribution in [2.75, 3.05) is 13.7 Å². The van der Waals surface area contributed by atoms with Crippen molar-refractivity contribution in [2.45, 2.75) is 31.8 Å². The van der Waals surface area contributed by atoms with Gasteiger partial charge >= 0.3 is 0 Å². The van der Waals surface area contributed by atoms with E-state index in [-0.39, 0.29) is 0 Å². The first kappa shape index (κ1) is 11.9. The van der Waals surface area contributed by atoms with Gasteiger partial charge in [-0.3, -0.25) is 0 Å². The first-order valence-electron chi connectivity index (χ1n) is 5.80. The minimum atomic E-state index is 0.311. The molecule has 1 saturated carbocycles. The van der Waals surface area contributed by atoms with Crippen molar-refractivity contribution in [3.63, 3.8) is 0 Å². The van der Waals surface area contributed by atoms with Crippen LogP contribution in [0.5, 0.6) is 5.06 Å². The zero-order chi connectivity index (χ0) is 11.4.